The number of hydrogen-bond acceptors (Lipinski definition) is 4. The summed E-state index contributed by atoms with van der Waals surface area (Å²) in [6, 6.07) is 30.5. The van der Waals surface area contributed by atoms with Gasteiger partial charge < -0.3 is 14.8 Å². The average Bonchev–Trinajstić information content (AvgIpc) is 2.87. The van der Waals surface area contributed by atoms with E-state index >= 15 is 0 Å². The second-order valence-electron chi connectivity index (χ2n) is 7.35. The highest BCUT2D eigenvalue weighted by Gasteiger charge is 2.10. The standard InChI is InChI=1S/C28H22N2O3/c1-32-25-15-11-24(12-16-25)30-28(31)23(18-29)17-20-9-13-26(14-10-20)33-19-22-7-4-6-21-5-2-3-8-27(21)22/h2-17H,19H2,1H3,(H,30,31)/b23-17-. The van der Waals surface area contributed by atoms with E-state index < -0.39 is 5.91 Å². The normalized spacial score (nSPS) is 11.0. The van der Waals surface area contributed by atoms with E-state index in [0.717, 1.165) is 11.1 Å². The molecule has 4 aromatic carbocycles. The third-order valence-electron chi connectivity index (χ3n) is 5.18. The maximum Gasteiger partial charge on any atom is 0.266 e. The minimum atomic E-state index is -0.473. The van der Waals surface area contributed by atoms with Crippen LogP contribution in [0.15, 0.2) is 96.6 Å². The lowest BCUT2D eigenvalue weighted by atomic mass is 10.1. The number of methoxy groups -OCH3 is 1. The van der Waals surface area contributed by atoms with Crippen LogP contribution in [-0.4, -0.2) is 13.0 Å². The first-order valence-corrected chi connectivity index (χ1v) is 10.4. The summed E-state index contributed by atoms with van der Waals surface area (Å²) in [7, 11) is 1.57. The van der Waals surface area contributed by atoms with E-state index in [-0.39, 0.29) is 5.57 Å². The van der Waals surface area contributed by atoms with Crippen LogP contribution in [0.1, 0.15) is 11.1 Å². The Morgan fingerprint density at radius 3 is 2.33 bits per heavy atom. The van der Waals surface area contributed by atoms with E-state index in [0.29, 0.717) is 23.8 Å². The summed E-state index contributed by atoms with van der Waals surface area (Å²) in [5, 5.41) is 14.5. The van der Waals surface area contributed by atoms with Crippen molar-refractivity contribution in [2.75, 3.05) is 12.4 Å². The Morgan fingerprint density at radius 2 is 1.61 bits per heavy atom. The number of nitrogens with zero attached hydrogens (tertiary/aromatic N) is 1. The van der Waals surface area contributed by atoms with E-state index in [9.17, 15) is 10.1 Å². The zero-order valence-corrected chi connectivity index (χ0v) is 18.1. The Balaban J connectivity index is 1.41. The molecular formula is C28H22N2O3. The summed E-state index contributed by atoms with van der Waals surface area (Å²) in [6.45, 7) is 0.449. The summed E-state index contributed by atoms with van der Waals surface area (Å²) in [5.41, 5.74) is 2.43. The molecule has 0 bridgehead atoms. The van der Waals surface area contributed by atoms with Gasteiger partial charge in [0, 0.05) is 5.69 Å². The monoisotopic (exact) mass is 434 g/mol. The molecule has 0 saturated carbocycles. The summed E-state index contributed by atoms with van der Waals surface area (Å²) in [6.07, 6.45) is 1.55. The SMILES string of the molecule is COc1ccc(NC(=O)/C(C#N)=C\c2ccc(OCc3cccc4ccccc34)cc2)cc1. The Kier molecular flexibility index (Phi) is 6.67. The zero-order chi connectivity index (χ0) is 23.0. The fraction of sp³-hybridized carbons (Fsp3) is 0.0714. The Bertz CT molecular complexity index is 1330. The van der Waals surface area contributed by atoms with Crippen molar-refractivity contribution >= 4 is 28.4 Å². The van der Waals surface area contributed by atoms with Crippen molar-refractivity contribution in [3.63, 3.8) is 0 Å². The fourth-order valence-electron chi connectivity index (χ4n) is 3.43. The summed E-state index contributed by atoms with van der Waals surface area (Å²) >= 11 is 0. The van der Waals surface area contributed by atoms with Crippen molar-refractivity contribution in [2.45, 2.75) is 6.61 Å². The van der Waals surface area contributed by atoms with Gasteiger partial charge in [0.2, 0.25) is 0 Å². The molecule has 0 spiro atoms. The van der Waals surface area contributed by atoms with Crippen LogP contribution >= 0.6 is 0 Å². The molecule has 0 saturated heterocycles. The molecule has 5 heteroatoms. The van der Waals surface area contributed by atoms with Crippen LogP contribution in [0.25, 0.3) is 16.8 Å². The molecule has 4 rings (SSSR count). The highest BCUT2D eigenvalue weighted by Crippen LogP contribution is 2.22. The maximum absolute atomic E-state index is 12.5. The summed E-state index contributed by atoms with van der Waals surface area (Å²) in [5.74, 6) is 0.923. The number of hydrogen-bond donors (Lipinski definition) is 1. The van der Waals surface area contributed by atoms with Crippen molar-refractivity contribution in [3.05, 3.63) is 108 Å². The van der Waals surface area contributed by atoms with Crippen LogP contribution in [0, 0.1) is 11.3 Å². The number of carbonyl (C=O) groups is 1. The molecule has 1 amide bonds. The Hall–Kier alpha value is -4.56. The molecule has 0 aliphatic heterocycles. The van der Waals surface area contributed by atoms with Gasteiger partial charge in [0.05, 0.1) is 7.11 Å². The minimum Gasteiger partial charge on any atom is -0.497 e. The third-order valence-corrected chi connectivity index (χ3v) is 5.18. The highest BCUT2D eigenvalue weighted by atomic mass is 16.5. The molecular weight excluding hydrogens is 412 g/mol. The van der Waals surface area contributed by atoms with Crippen LogP contribution in [0.3, 0.4) is 0 Å². The van der Waals surface area contributed by atoms with Gasteiger partial charge in [0.25, 0.3) is 5.91 Å². The molecule has 5 nitrogen and oxygen atoms in total. The molecule has 1 N–H and O–H groups in total. The van der Waals surface area contributed by atoms with Crippen molar-refractivity contribution in [1.82, 2.24) is 0 Å². The maximum atomic E-state index is 12.5. The highest BCUT2D eigenvalue weighted by molar-refractivity contribution is 6.09. The molecule has 0 heterocycles. The smallest absolute Gasteiger partial charge is 0.266 e. The molecule has 0 radical (unpaired) electrons. The van der Waals surface area contributed by atoms with Gasteiger partial charge in [-0.05, 0) is 64.4 Å². The van der Waals surface area contributed by atoms with Crippen molar-refractivity contribution in [2.24, 2.45) is 0 Å². The molecule has 0 fully saturated rings. The first kappa shape index (κ1) is 21.7. The largest absolute Gasteiger partial charge is 0.497 e. The lowest BCUT2D eigenvalue weighted by Crippen LogP contribution is -2.13. The number of carbonyl (C=O) groups excluding carboxylic acids is 1. The van der Waals surface area contributed by atoms with Crippen molar-refractivity contribution in [1.29, 1.82) is 5.26 Å². The third kappa shape index (κ3) is 5.38. The molecule has 162 valence electrons. The predicted octanol–water partition coefficient (Wildman–Crippen LogP) is 5.97. The number of benzene rings is 4. The van der Waals surface area contributed by atoms with E-state index in [1.165, 1.54) is 10.8 Å². The number of nitrogens with one attached hydrogen (secondary N) is 1. The first-order valence-electron chi connectivity index (χ1n) is 10.4. The van der Waals surface area contributed by atoms with E-state index in [4.69, 9.17) is 9.47 Å². The van der Waals surface area contributed by atoms with Crippen LogP contribution in [0.5, 0.6) is 11.5 Å². The Labute approximate surface area is 192 Å². The van der Waals surface area contributed by atoms with E-state index in [1.807, 2.05) is 48.5 Å². The van der Waals surface area contributed by atoms with Crippen LogP contribution in [0.2, 0.25) is 0 Å². The predicted molar refractivity (Wildman–Crippen MR) is 130 cm³/mol. The molecule has 0 aliphatic carbocycles. The number of ether oxygens (including phenoxy) is 2. The first-order chi connectivity index (χ1) is 16.2. The number of amides is 1. The number of rotatable bonds is 7. The van der Waals surface area contributed by atoms with Gasteiger partial charge in [-0.3, -0.25) is 4.79 Å². The lowest BCUT2D eigenvalue weighted by Gasteiger charge is -2.09. The molecule has 4 aromatic rings. The zero-order valence-electron chi connectivity index (χ0n) is 18.1. The second kappa shape index (κ2) is 10.2. The molecule has 33 heavy (non-hydrogen) atoms. The quantitative estimate of drug-likeness (QED) is 0.287. The summed E-state index contributed by atoms with van der Waals surface area (Å²) in [4.78, 5) is 12.5. The number of nitriles is 1. The topological polar surface area (TPSA) is 71.3 Å². The van der Waals surface area contributed by atoms with Crippen LogP contribution in [-0.2, 0) is 11.4 Å². The van der Waals surface area contributed by atoms with Gasteiger partial charge in [-0.2, -0.15) is 5.26 Å². The molecule has 0 atom stereocenters. The van der Waals surface area contributed by atoms with Gasteiger partial charge in [0.15, 0.2) is 0 Å². The van der Waals surface area contributed by atoms with Gasteiger partial charge in [-0.15, -0.1) is 0 Å². The van der Waals surface area contributed by atoms with Crippen molar-refractivity contribution in [3.8, 4) is 17.6 Å². The second-order valence-corrected chi connectivity index (χ2v) is 7.35. The Morgan fingerprint density at radius 1 is 0.909 bits per heavy atom. The van der Waals surface area contributed by atoms with E-state index in [1.54, 1.807) is 37.5 Å². The van der Waals surface area contributed by atoms with Crippen LogP contribution < -0.4 is 14.8 Å². The minimum absolute atomic E-state index is 0.00948. The van der Waals surface area contributed by atoms with E-state index in [2.05, 4.69) is 29.6 Å². The molecule has 0 aromatic heterocycles. The summed E-state index contributed by atoms with van der Waals surface area (Å²) < 4.78 is 11.1. The molecule has 0 unspecified atom stereocenters. The van der Waals surface area contributed by atoms with Gasteiger partial charge in [-0.25, -0.2) is 0 Å². The van der Waals surface area contributed by atoms with Crippen LogP contribution in [0.4, 0.5) is 5.69 Å². The van der Waals surface area contributed by atoms with Gasteiger partial charge in [0.1, 0.15) is 29.7 Å². The van der Waals surface area contributed by atoms with Crippen molar-refractivity contribution < 1.29 is 14.3 Å². The number of fused-ring (bicyclic) bond motifs is 1. The van der Waals surface area contributed by atoms with Gasteiger partial charge in [-0.1, -0.05) is 54.6 Å². The van der Waals surface area contributed by atoms with Gasteiger partial charge >= 0.3 is 0 Å². The average molecular weight is 434 g/mol. The fourth-order valence-corrected chi connectivity index (χ4v) is 3.43. The lowest BCUT2D eigenvalue weighted by molar-refractivity contribution is -0.112. The number of anilines is 1. The molecule has 0 aliphatic rings.